The van der Waals surface area contributed by atoms with E-state index in [9.17, 15) is 18.4 Å². The van der Waals surface area contributed by atoms with Crippen molar-refractivity contribution in [2.45, 2.75) is 25.6 Å². The quantitative estimate of drug-likeness (QED) is 0.359. The number of hydrogen-bond acceptors (Lipinski definition) is 7. The number of ether oxygens (including phenoxy) is 1. The molecule has 0 spiro atoms. The summed E-state index contributed by atoms with van der Waals surface area (Å²) in [6.07, 6.45) is 7.05. The fourth-order valence-electron chi connectivity index (χ4n) is 5.15. The van der Waals surface area contributed by atoms with Crippen LogP contribution in [0, 0.1) is 5.92 Å². The van der Waals surface area contributed by atoms with Gasteiger partial charge in [-0.05, 0) is 43.1 Å². The van der Waals surface area contributed by atoms with Gasteiger partial charge < -0.3 is 20.3 Å². The summed E-state index contributed by atoms with van der Waals surface area (Å²) in [4.78, 5) is 32.4. The number of hydrogen-bond donors (Lipinski definition) is 2. The highest BCUT2D eigenvalue weighted by molar-refractivity contribution is 6.31. The first-order chi connectivity index (χ1) is 18.9. The number of likely N-dealkylation sites (tertiary alicyclic amines) is 1. The molecule has 0 aliphatic carbocycles. The molecule has 0 saturated carbocycles. The molecule has 5 heterocycles. The third-order valence-corrected chi connectivity index (χ3v) is 7.19. The monoisotopic (exact) mass is 556 g/mol. The molecule has 39 heavy (non-hydrogen) atoms. The van der Waals surface area contributed by atoms with Gasteiger partial charge in [0.25, 0.3) is 5.91 Å². The average molecular weight is 557 g/mol. The minimum Gasteiger partial charge on any atom is -0.434 e. The number of fused-ring (bicyclic) bond motifs is 2. The van der Waals surface area contributed by atoms with Crippen LogP contribution in [0.5, 0.6) is 5.75 Å². The minimum absolute atomic E-state index is 0.105. The highest BCUT2D eigenvalue weighted by Gasteiger charge is 2.38. The maximum Gasteiger partial charge on any atom is 0.387 e. The Morgan fingerprint density at radius 2 is 2.15 bits per heavy atom. The number of halogens is 3. The van der Waals surface area contributed by atoms with E-state index in [1.54, 1.807) is 17.2 Å². The smallest absolute Gasteiger partial charge is 0.387 e. The molecule has 2 amide bonds. The van der Waals surface area contributed by atoms with Crippen molar-refractivity contribution < 1.29 is 23.1 Å². The van der Waals surface area contributed by atoms with Crippen molar-refractivity contribution >= 4 is 34.7 Å². The third-order valence-electron chi connectivity index (χ3n) is 6.96. The number of anilines is 1. The van der Waals surface area contributed by atoms with E-state index in [4.69, 9.17) is 16.3 Å². The first kappa shape index (κ1) is 25.2. The maximum absolute atomic E-state index is 13.3. The zero-order valence-corrected chi connectivity index (χ0v) is 21.2. The van der Waals surface area contributed by atoms with Crippen LogP contribution in [-0.2, 0) is 11.3 Å². The zero-order valence-electron chi connectivity index (χ0n) is 20.4. The number of amides is 2. The van der Waals surface area contributed by atoms with Gasteiger partial charge in [0.05, 0.1) is 11.9 Å². The fraction of sp³-hybridized carbons (Fsp3) is 0.320. The largest absolute Gasteiger partial charge is 0.434 e. The van der Waals surface area contributed by atoms with Crippen LogP contribution in [0.4, 0.5) is 14.5 Å². The van der Waals surface area contributed by atoms with Crippen LogP contribution >= 0.6 is 11.6 Å². The van der Waals surface area contributed by atoms with Gasteiger partial charge in [-0.2, -0.15) is 19.0 Å². The summed E-state index contributed by atoms with van der Waals surface area (Å²) in [5.41, 5.74) is 0.929. The number of alkyl halides is 2. The van der Waals surface area contributed by atoms with E-state index in [-0.39, 0.29) is 51.8 Å². The maximum atomic E-state index is 13.3. The Morgan fingerprint density at radius 3 is 2.97 bits per heavy atom. The molecule has 2 atom stereocenters. The summed E-state index contributed by atoms with van der Waals surface area (Å²) in [6, 6.07) is 6.08. The molecule has 202 valence electrons. The molecule has 11 nitrogen and oxygen atoms in total. The summed E-state index contributed by atoms with van der Waals surface area (Å²) in [7, 11) is 0. The van der Waals surface area contributed by atoms with E-state index in [1.807, 2.05) is 0 Å². The van der Waals surface area contributed by atoms with Crippen molar-refractivity contribution in [1.82, 2.24) is 34.6 Å². The molecule has 2 aliphatic rings. The lowest BCUT2D eigenvalue weighted by Gasteiger charge is -2.17. The molecular weight excluding hydrogens is 534 g/mol. The van der Waals surface area contributed by atoms with Crippen LogP contribution in [0.15, 0.2) is 49.1 Å². The molecule has 2 saturated heterocycles. The van der Waals surface area contributed by atoms with Gasteiger partial charge in [-0.25, -0.2) is 9.50 Å². The normalized spacial score (nSPS) is 18.6. The molecule has 6 rings (SSSR count). The summed E-state index contributed by atoms with van der Waals surface area (Å²) < 4.78 is 33.9. The van der Waals surface area contributed by atoms with Crippen LogP contribution < -0.4 is 15.4 Å². The van der Waals surface area contributed by atoms with Crippen molar-refractivity contribution in [3.63, 3.8) is 0 Å². The van der Waals surface area contributed by atoms with Crippen molar-refractivity contribution in [2.75, 3.05) is 25.0 Å². The summed E-state index contributed by atoms with van der Waals surface area (Å²) in [5.74, 6) is -0.442. The predicted molar refractivity (Wildman–Crippen MR) is 137 cm³/mol. The van der Waals surface area contributed by atoms with Crippen molar-refractivity contribution in [3.05, 3.63) is 59.6 Å². The molecule has 0 radical (unpaired) electrons. The van der Waals surface area contributed by atoms with E-state index < -0.39 is 12.5 Å². The molecule has 2 N–H and O–H groups in total. The molecule has 0 bridgehead atoms. The lowest BCUT2D eigenvalue weighted by Crippen LogP contribution is -2.36. The predicted octanol–water partition coefficient (Wildman–Crippen LogP) is 2.92. The van der Waals surface area contributed by atoms with Crippen molar-refractivity contribution in [1.29, 1.82) is 0 Å². The molecule has 4 aromatic rings. The second-order valence-electron chi connectivity index (χ2n) is 9.42. The highest BCUT2D eigenvalue weighted by atomic mass is 35.5. The zero-order chi connectivity index (χ0) is 27.1. The van der Waals surface area contributed by atoms with Gasteiger partial charge in [-0.15, -0.1) is 0 Å². The SMILES string of the molecule is O=C(Nc1cn(CC(=O)N2CC3CCN[C@@H]3C2)nc1-c1cc(Cl)ccc1OC(F)F)c1cnn2cccnc12. The Labute approximate surface area is 225 Å². The van der Waals surface area contributed by atoms with Crippen LogP contribution in [0.25, 0.3) is 16.9 Å². The third kappa shape index (κ3) is 5.02. The lowest BCUT2D eigenvalue weighted by atomic mass is 10.1. The molecule has 2 aliphatic heterocycles. The Hall–Kier alpha value is -4.10. The molecule has 3 aromatic heterocycles. The highest BCUT2D eigenvalue weighted by Crippen LogP contribution is 2.37. The van der Waals surface area contributed by atoms with E-state index in [0.717, 1.165) is 13.0 Å². The number of benzene rings is 1. The van der Waals surface area contributed by atoms with Crippen LogP contribution in [0.3, 0.4) is 0 Å². The molecular formula is C25H23ClF2N8O3. The second-order valence-corrected chi connectivity index (χ2v) is 9.85. The number of carbonyl (C=O) groups excluding carboxylic acids is 2. The van der Waals surface area contributed by atoms with Crippen molar-refractivity contribution in [2.24, 2.45) is 5.92 Å². The van der Waals surface area contributed by atoms with E-state index in [2.05, 4.69) is 25.8 Å². The van der Waals surface area contributed by atoms with Crippen LogP contribution in [0.1, 0.15) is 16.8 Å². The Kier molecular flexibility index (Phi) is 6.61. The lowest BCUT2D eigenvalue weighted by molar-refractivity contribution is -0.131. The number of nitrogens with one attached hydrogen (secondary N) is 2. The number of carbonyl (C=O) groups is 2. The first-order valence-electron chi connectivity index (χ1n) is 12.3. The fourth-order valence-corrected chi connectivity index (χ4v) is 5.32. The van der Waals surface area contributed by atoms with Gasteiger partial charge in [0, 0.05) is 48.3 Å². The summed E-state index contributed by atoms with van der Waals surface area (Å²) in [5, 5.41) is 15.0. The van der Waals surface area contributed by atoms with Crippen LogP contribution in [0.2, 0.25) is 5.02 Å². The Balaban J connectivity index is 1.33. The van der Waals surface area contributed by atoms with E-state index in [0.29, 0.717) is 24.7 Å². The summed E-state index contributed by atoms with van der Waals surface area (Å²) in [6.45, 7) is -0.972. The van der Waals surface area contributed by atoms with Crippen LogP contribution in [-0.4, -0.2) is 73.4 Å². The average Bonchev–Trinajstić information content (AvgIpc) is 3.68. The minimum atomic E-state index is -3.10. The van der Waals surface area contributed by atoms with Gasteiger partial charge in [-0.1, -0.05) is 11.6 Å². The summed E-state index contributed by atoms with van der Waals surface area (Å²) >= 11 is 6.18. The number of aromatic nitrogens is 5. The second kappa shape index (κ2) is 10.2. The molecule has 1 aromatic carbocycles. The topological polar surface area (TPSA) is 119 Å². The van der Waals surface area contributed by atoms with Gasteiger partial charge in [-0.3, -0.25) is 14.3 Å². The number of rotatable bonds is 7. The molecule has 2 fully saturated rings. The van der Waals surface area contributed by atoms with E-state index >= 15 is 0 Å². The van der Waals surface area contributed by atoms with Gasteiger partial charge >= 0.3 is 6.61 Å². The van der Waals surface area contributed by atoms with E-state index in [1.165, 1.54) is 46.0 Å². The Morgan fingerprint density at radius 1 is 1.28 bits per heavy atom. The molecule has 14 heteroatoms. The number of nitrogens with zero attached hydrogens (tertiary/aromatic N) is 6. The standard InChI is InChI=1S/C25H23ClF2N8O3/c26-15-2-3-20(39-25(27)28)16(8-15)22-19(32-24(38)17-9-31-36-7-1-5-30-23(17)36)12-35(33-22)13-21(37)34-10-14-4-6-29-18(14)11-34/h1-3,5,7-9,12,14,18,25,29H,4,6,10-11,13H2,(H,32,38)/t14?,18-/m1/s1. The Bertz CT molecular complexity index is 1550. The first-order valence-corrected chi connectivity index (χ1v) is 12.7. The molecule has 1 unspecified atom stereocenters. The van der Waals surface area contributed by atoms with Crippen molar-refractivity contribution in [3.8, 4) is 17.0 Å². The van der Waals surface area contributed by atoms with Gasteiger partial charge in [0.1, 0.15) is 23.6 Å². The van der Waals surface area contributed by atoms with Gasteiger partial charge in [0.15, 0.2) is 5.65 Å². The van der Waals surface area contributed by atoms with Gasteiger partial charge in [0.2, 0.25) is 5.91 Å².